The molecular formula is C25H37N3O2. The average Bonchev–Trinajstić information content (AvgIpc) is 2.67. The van der Waals surface area contributed by atoms with E-state index in [0.717, 1.165) is 56.5 Å². The van der Waals surface area contributed by atoms with E-state index in [2.05, 4.69) is 35.3 Å². The summed E-state index contributed by atoms with van der Waals surface area (Å²) in [6, 6.07) is 10.3. The molecule has 1 aliphatic heterocycles. The van der Waals surface area contributed by atoms with E-state index in [1.165, 1.54) is 6.42 Å². The van der Waals surface area contributed by atoms with Crippen LogP contribution in [0.3, 0.4) is 0 Å². The molecule has 2 aliphatic rings. The first-order valence-electron chi connectivity index (χ1n) is 11.5. The van der Waals surface area contributed by atoms with Crippen LogP contribution in [0, 0.1) is 11.8 Å². The Morgan fingerprint density at radius 1 is 1.13 bits per heavy atom. The van der Waals surface area contributed by atoms with Crippen molar-refractivity contribution in [3.05, 3.63) is 41.5 Å². The molecular weight excluding hydrogens is 374 g/mol. The number of rotatable bonds is 7. The van der Waals surface area contributed by atoms with E-state index in [1.807, 2.05) is 36.9 Å². The van der Waals surface area contributed by atoms with E-state index in [9.17, 15) is 9.59 Å². The summed E-state index contributed by atoms with van der Waals surface area (Å²) in [4.78, 5) is 29.4. The number of hydrogen-bond donors (Lipinski definition) is 1. The largest absolute Gasteiger partial charge is 0.342 e. The van der Waals surface area contributed by atoms with Crippen LogP contribution in [0.15, 0.2) is 35.9 Å². The van der Waals surface area contributed by atoms with Crippen LogP contribution >= 0.6 is 0 Å². The first-order valence-corrected chi connectivity index (χ1v) is 11.5. The number of benzene rings is 1. The van der Waals surface area contributed by atoms with Crippen LogP contribution in [0.5, 0.6) is 0 Å². The zero-order valence-corrected chi connectivity index (χ0v) is 18.8. The van der Waals surface area contributed by atoms with E-state index in [-0.39, 0.29) is 18.0 Å². The summed E-state index contributed by atoms with van der Waals surface area (Å²) in [7, 11) is 0. The van der Waals surface area contributed by atoms with Gasteiger partial charge in [-0.15, -0.1) is 0 Å². The molecule has 1 N–H and O–H groups in total. The number of hydrogen-bond acceptors (Lipinski definition) is 2. The predicted octanol–water partition coefficient (Wildman–Crippen LogP) is 4.55. The highest BCUT2D eigenvalue weighted by Gasteiger charge is 2.32. The molecule has 1 saturated carbocycles. The van der Waals surface area contributed by atoms with Gasteiger partial charge in [-0.05, 0) is 57.9 Å². The van der Waals surface area contributed by atoms with Crippen LogP contribution in [-0.2, 0) is 4.79 Å². The second-order valence-electron chi connectivity index (χ2n) is 9.28. The van der Waals surface area contributed by atoms with Crippen molar-refractivity contribution < 1.29 is 9.59 Å². The summed E-state index contributed by atoms with van der Waals surface area (Å²) in [5, 5.41) is 3.05. The number of nitrogens with one attached hydrogen (secondary N) is 1. The summed E-state index contributed by atoms with van der Waals surface area (Å²) in [5.41, 5.74) is 2.32. The maximum atomic E-state index is 12.8. The van der Waals surface area contributed by atoms with Gasteiger partial charge in [-0.3, -0.25) is 4.79 Å². The van der Waals surface area contributed by atoms with Crippen LogP contribution in [0.25, 0.3) is 6.08 Å². The molecule has 0 bridgehead atoms. The van der Waals surface area contributed by atoms with Crippen LogP contribution in [0.4, 0.5) is 4.79 Å². The zero-order chi connectivity index (χ0) is 21.5. The number of carbonyl (C=O) groups excluding carboxylic acids is 2. The lowest BCUT2D eigenvalue weighted by Gasteiger charge is -2.38. The monoisotopic (exact) mass is 411 g/mol. The smallest absolute Gasteiger partial charge is 0.317 e. The number of nitrogens with zero attached hydrogens (tertiary/aromatic N) is 2. The molecule has 1 aromatic rings. The average molecular weight is 412 g/mol. The second kappa shape index (κ2) is 10.6. The lowest BCUT2D eigenvalue weighted by atomic mass is 9.83. The molecule has 2 fully saturated rings. The van der Waals surface area contributed by atoms with Gasteiger partial charge in [0.25, 0.3) is 0 Å². The number of likely N-dealkylation sites (tertiary alicyclic amines) is 1. The van der Waals surface area contributed by atoms with Crippen molar-refractivity contribution in [3.8, 4) is 0 Å². The van der Waals surface area contributed by atoms with E-state index >= 15 is 0 Å². The molecule has 0 atom stereocenters. The minimum atomic E-state index is -0.00112. The molecule has 1 aliphatic carbocycles. The first-order chi connectivity index (χ1) is 14.4. The summed E-state index contributed by atoms with van der Waals surface area (Å²) >= 11 is 0. The Hall–Kier alpha value is -2.30. The van der Waals surface area contributed by atoms with Crippen molar-refractivity contribution in [2.45, 2.75) is 58.9 Å². The Kier molecular flexibility index (Phi) is 7.94. The van der Waals surface area contributed by atoms with Gasteiger partial charge in [0.1, 0.15) is 0 Å². The fourth-order valence-corrected chi connectivity index (χ4v) is 4.30. The van der Waals surface area contributed by atoms with Gasteiger partial charge in [-0.1, -0.05) is 48.4 Å². The number of amides is 3. The maximum Gasteiger partial charge on any atom is 0.317 e. The Labute approximate surface area is 181 Å². The Balaban J connectivity index is 1.58. The molecule has 164 valence electrons. The normalized spacial score (nSPS) is 18.3. The third-order valence-corrected chi connectivity index (χ3v) is 6.21. The molecule has 1 aromatic carbocycles. The van der Waals surface area contributed by atoms with Crippen molar-refractivity contribution in [3.63, 3.8) is 0 Å². The number of piperidine rings is 1. The number of urea groups is 1. The molecule has 0 radical (unpaired) electrons. The topological polar surface area (TPSA) is 52.7 Å². The van der Waals surface area contributed by atoms with Gasteiger partial charge >= 0.3 is 6.03 Å². The van der Waals surface area contributed by atoms with Crippen molar-refractivity contribution in [2.75, 3.05) is 26.2 Å². The summed E-state index contributed by atoms with van der Waals surface area (Å²) in [6.45, 7) is 9.10. The van der Waals surface area contributed by atoms with Gasteiger partial charge in [0.15, 0.2) is 0 Å². The van der Waals surface area contributed by atoms with Crippen molar-refractivity contribution in [2.24, 2.45) is 11.8 Å². The van der Waals surface area contributed by atoms with Crippen molar-refractivity contribution in [1.82, 2.24) is 15.1 Å². The Morgan fingerprint density at radius 2 is 1.80 bits per heavy atom. The lowest BCUT2D eigenvalue weighted by molar-refractivity contribution is -0.139. The van der Waals surface area contributed by atoms with Crippen molar-refractivity contribution in [1.29, 1.82) is 0 Å². The van der Waals surface area contributed by atoms with Crippen LogP contribution < -0.4 is 5.32 Å². The van der Waals surface area contributed by atoms with Crippen LogP contribution in [0.2, 0.25) is 0 Å². The SMILES string of the molecule is C/C(=C\c1ccccc1)CN(CC1CCN(C(=O)C2CCC2)CC1)C(=O)NC(C)C. The van der Waals surface area contributed by atoms with E-state index < -0.39 is 0 Å². The number of carbonyl (C=O) groups is 2. The summed E-state index contributed by atoms with van der Waals surface area (Å²) in [5.74, 6) is 1.08. The molecule has 0 spiro atoms. The molecule has 0 aromatic heterocycles. The second-order valence-corrected chi connectivity index (χ2v) is 9.28. The molecule has 30 heavy (non-hydrogen) atoms. The van der Waals surface area contributed by atoms with Gasteiger partial charge in [0.05, 0.1) is 0 Å². The zero-order valence-electron chi connectivity index (χ0n) is 18.8. The lowest BCUT2D eigenvalue weighted by Crippen LogP contribution is -2.48. The minimum absolute atomic E-state index is 0.00112. The molecule has 3 rings (SSSR count). The van der Waals surface area contributed by atoms with Crippen LogP contribution in [-0.4, -0.2) is 54.0 Å². The minimum Gasteiger partial charge on any atom is -0.342 e. The summed E-state index contributed by atoms with van der Waals surface area (Å²) < 4.78 is 0. The summed E-state index contributed by atoms with van der Waals surface area (Å²) in [6.07, 6.45) is 7.43. The maximum absolute atomic E-state index is 12.8. The highest BCUT2D eigenvalue weighted by molar-refractivity contribution is 5.79. The van der Waals surface area contributed by atoms with Gasteiger partial charge in [0.2, 0.25) is 5.91 Å². The van der Waals surface area contributed by atoms with Gasteiger partial charge in [0, 0.05) is 38.1 Å². The Bertz CT molecular complexity index is 732. The predicted molar refractivity (Wildman–Crippen MR) is 122 cm³/mol. The van der Waals surface area contributed by atoms with E-state index in [1.54, 1.807) is 0 Å². The molecule has 0 unspecified atom stereocenters. The van der Waals surface area contributed by atoms with Crippen LogP contribution in [0.1, 0.15) is 58.4 Å². The van der Waals surface area contributed by atoms with E-state index in [4.69, 9.17) is 0 Å². The molecule has 1 heterocycles. The standard InChI is InChI=1S/C25H37N3O2/c1-19(2)26-25(30)28(17-20(3)16-21-8-5-4-6-9-21)18-22-12-14-27(15-13-22)24(29)23-10-7-11-23/h4-6,8-9,16,19,22-23H,7,10-15,17-18H2,1-3H3,(H,26,30)/b20-16+. The fourth-order valence-electron chi connectivity index (χ4n) is 4.30. The highest BCUT2D eigenvalue weighted by atomic mass is 16.2. The molecule has 5 nitrogen and oxygen atoms in total. The Morgan fingerprint density at radius 3 is 2.37 bits per heavy atom. The van der Waals surface area contributed by atoms with Gasteiger partial charge < -0.3 is 15.1 Å². The third kappa shape index (κ3) is 6.35. The first kappa shape index (κ1) is 22.4. The van der Waals surface area contributed by atoms with Gasteiger partial charge in [-0.25, -0.2) is 4.79 Å². The molecule has 1 saturated heterocycles. The van der Waals surface area contributed by atoms with Crippen molar-refractivity contribution >= 4 is 18.0 Å². The van der Waals surface area contributed by atoms with Gasteiger partial charge in [-0.2, -0.15) is 0 Å². The van der Waals surface area contributed by atoms with E-state index in [0.29, 0.717) is 18.4 Å². The highest BCUT2D eigenvalue weighted by Crippen LogP contribution is 2.30. The third-order valence-electron chi connectivity index (χ3n) is 6.21. The quantitative estimate of drug-likeness (QED) is 0.716. The fraction of sp³-hybridized carbons (Fsp3) is 0.600. The molecule has 3 amide bonds. The molecule has 5 heteroatoms.